The van der Waals surface area contributed by atoms with Gasteiger partial charge in [-0.1, -0.05) is 24.3 Å². The first-order chi connectivity index (χ1) is 12.6. The summed E-state index contributed by atoms with van der Waals surface area (Å²) in [7, 11) is 0. The number of carboxylic acids is 1. The van der Waals surface area contributed by atoms with Crippen LogP contribution in [0.4, 0.5) is 0 Å². The summed E-state index contributed by atoms with van der Waals surface area (Å²) in [5.74, 6) is -0.113. The quantitative estimate of drug-likeness (QED) is 0.599. The van der Waals surface area contributed by atoms with Crippen molar-refractivity contribution in [2.24, 2.45) is 5.10 Å². The molecule has 1 heterocycles. The molecule has 8 heteroatoms. The lowest BCUT2D eigenvalue weighted by atomic mass is 10.2. The summed E-state index contributed by atoms with van der Waals surface area (Å²) in [6.45, 7) is -0.388. The predicted molar refractivity (Wildman–Crippen MR) is 91.7 cm³/mol. The molecule has 1 aliphatic rings. The Labute approximate surface area is 149 Å². The minimum Gasteiger partial charge on any atom is -0.485 e. The fraction of sp³-hybridized carbons (Fsp3) is 0.167. The van der Waals surface area contributed by atoms with Crippen molar-refractivity contribution < 1.29 is 28.9 Å². The molecule has 1 atom stereocenters. The van der Waals surface area contributed by atoms with Crippen molar-refractivity contribution in [2.75, 3.05) is 13.2 Å². The van der Waals surface area contributed by atoms with Crippen LogP contribution in [-0.4, -0.2) is 42.5 Å². The highest BCUT2D eigenvalue weighted by Gasteiger charge is 2.26. The summed E-state index contributed by atoms with van der Waals surface area (Å²) < 4.78 is 16.2. The molecule has 0 saturated carbocycles. The number of carbonyl (C=O) groups excluding carboxylic acids is 1. The van der Waals surface area contributed by atoms with E-state index in [4.69, 9.17) is 19.3 Å². The van der Waals surface area contributed by atoms with E-state index >= 15 is 0 Å². The van der Waals surface area contributed by atoms with Gasteiger partial charge < -0.3 is 19.3 Å². The lowest BCUT2D eigenvalue weighted by Crippen LogP contribution is -2.42. The summed E-state index contributed by atoms with van der Waals surface area (Å²) in [4.78, 5) is 22.8. The summed E-state index contributed by atoms with van der Waals surface area (Å²) >= 11 is 0. The third kappa shape index (κ3) is 4.29. The van der Waals surface area contributed by atoms with Crippen molar-refractivity contribution in [2.45, 2.75) is 6.10 Å². The zero-order chi connectivity index (χ0) is 18.4. The molecule has 3 rings (SSSR count). The highest BCUT2D eigenvalue weighted by Crippen LogP contribution is 2.30. The summed E-state index contributed by atoms with van der Waals surface area (Å²) in [5, 5.41) is 12.6. The molecule has 26 heavy (non-hydrogen) atoms. The first kappa shape index (κ1) is 17.3. The van der Waals surface area contributed by atoms with Gasteiger partial charge in [-0.25, -0.2) is 10.2 Å². The third-order valence-corrected chi connectivity index (χ3v) is 3.45. The van der Waals surface area contributed by atoms with Crippen LogP contribution in [0.15, 0.2) is 53.6 Å². The van der Waals surface area contributed by atoms with Crippen LogP contribution in [0.5, 0.6) is 17.2 Å². The number of benzene rings is 2. The van der Waals surface area contributed by atoms with E-state index in [0.29, 0.717) is 22.8 Å². The Bertz CT molecular complexity index is 836. The summed E-state index contributed by atoms with van der Waals surface area (Å²) in [6, 6.07) is 13.8. The predicted octanol–water partition coefficient (Wildman–Crippen LogP) is 1.44. The van der Waals surface area contributed by atoms with Crippen molar-refractivity contribution in [3.63, 3.8) is 0 Å². The second kappa shape index (κ2) is 8.02. The largest absolute Gasteiger partial charge is 0.485 e. The molecule has 134 valence electrons. The van der Waals surface area contributed by atoms with Gasteiger partial charge in [0.25, 0.3) is 5.91 Å². The van der Waals surface area contributed by atoms with Gasteiger partial charge in [-0.2, -0.15) is 5.10 Å². The minimum absolute atomic E-state index is 0.0800. The van der Waals surface area contributed by atoms with Crippen molar-refractivity contribution in [3.05, 3.63) is 54.1 Å². The van der Waals surface area contributed by atoms with Gasteiger partial charge in [-0.3, -0.25) is 4.79 Å². The Balaban J connectivity index is 1.59. The van der Waals surface area contributed by atoms with Gasteiger partial charge in [0.2, 0.25) is 6.10 Å². The van der Waals surface area contributed by atoms with E-state index in [1.54, 1.807) is 42.5 Å². The molecular formula is C18H16N2O6. The number of nitrogens with zero attached hydrogens (tertiary/aromatic N) is 1. The van der Waals surface area contributed by atoms with E-state index in [-0.39, 0.29) is 6.61 Å². The fourth-order valence-electron chi connectivity index (χ4n) is 2.24. The Hall–Kier alpha value is -3.55. The van der Waals surface area contributed by atoms with E-state index in [1.165, 1.54) is 6.21 Å². The van der Waals surface area contributed by atoms with Crippen LogP contribution < -0.4 is 19.6 Å². The van der Waals surface area contributed by atoms with Crippen molar-refractivity contribution >= 4 is 18.1 Å². The molecule has 1 unspecified atom stereocenters. The number of carbonyl (C=O) groups is 2. The van der Waals surface area contributed by atoms with Gasteiger partial charge in [0.1, 0.15) is 12.4 Å². The van der Waals surface area contributed by atoms with E-state index in [1.807, 2.05) is 6.07 Å². The average molecular weight is 356 g/mol. The molecule has 0 aliphatic carbocycles. The molecule has 0 saturated heterocycles. The molecule has 2 N–H and O–H groups in total. The number of hydrogen-bond donors (Lipinski definition) is 2. The highest BCUT2D eigenvalue weighted by molar-refractivity contribution is 5.86. The summed E-state index contributed by atoms with van der Waals surface area (Å²) in [6.07, 6.45) is 0.549. The molecule has 1 amide bonds. The van der Waals surface area contributed by atoms with Crippen LogP contribution in [0.1, 0.15) is 5.56 Å². The number of aliphatic carboxylic acids is 1. The number of amides is 1. The lowest BCUT2D eigenvalue weighted by molar-refractivity contribution is -0.139. The number of para-hydroxylation sites is 3. The van der Waals surface area contributed by atoms with Gasteiger partial charge in [-0.05, 0) is 24.3 Å². The molecule has 0 bridgehead atoms. The Morgan fingerprint density at radius 3 is 2.73 bits per heavy atom. The van der Waals surface area contributed by atoms with Crippen LogP contribution in [0.25, 0.3) is 0 Å². The number of carboxylic acid groups (broad SMARTS) is 1. The second-order valence-corrected chi connectivity index (χ2v) is 5.32. The first-order valence-corrected chi connectivity index (χ1v) is 7.78. The topological polar surface area (TPSA) is 106 Å². The van der Waals surface area contributed by atoms with Crippen LogP contribution in [0.2, 0.25) is 0 Å². The molecule has 1 aliphatic heterocycles. The second-order valence-electron chi connectivity index (χ2n) is 5.32. The zero-order valence-electron chi connectivity index (χ0n) is 13.6. The minimum atomic E-state index is -1.08. The number of hydrogen-bond acceptors (Lipinski definition) is 6. The SMILES string of the molecule is O=C(O)COc1ccccc1C=NNC(=O)C1COc2ccccc2O1. The van der Waals surface area contributed by atoms with Crippen LogP contribution in [0.3, 0.4) is 0 Å². The molecule has 0 fully saturated rings. The number of ether oxygens (including phenoxy) is 3. The molecular weight excluding hydrogens is 340 g/mol. The van der Waals surface area contributed by atoms with Crippen molar-refractivity contribution in [1.82, 2.24) is 5.43 Å². The van der Waals surface area contributed by atoms with Gasteiger partial charge in [0.15, 0.2) is 18.1 Å². The molecule has 0 spiro atoms. The average Bonchev–Trinajstić information content (AvgIpc) is 2.66. The monoisotopic (exact) mass is 356 g/mol. The van der Waals surface area contributed by atoms with Crippen molar-refractivity contribution in [1.29, 1.82) is 0 Å². The van der Waals surface area contributed by atoms with Gasteiger partial charge in [0.05, 0.1) is 6.21 Å². The fourth-order valence-corrected chi connectivity index (χ4v) is 2.24. The number of rotatable bonds is 6. The zero-order valence-corrected chi connectivity index (χ0v) is 13.6. The third-order valence-electron chi connectivity index (χ3n) is 3.45. The Kier molecular flexibility index (Phi) is 5.33. The maximum Gasteiger partial charge on any atom is 0.341 e. The standard InChI is InChI=1S/C18H16N2O6/c21-17(22)11-25-13-6-2-1-5-12(13)9-19-20-18(23)16-10-24-14-7-3-4-8-15(14)26-16/h1-9,16H,10-11H2,(H,20,23)(H,21,22). The Morgan fingerprint density at radius 2 is 1.92 bits per heavy atom. The summed E-state index contributed by atoms with van der Waals surface area (Å²) in [5.41, 5.74) is 2.91. The van der Waals surface area contributed by atoms with Crippen LogP contribution >= 0.6 is 0 Å². The smallest absolute Gasteiger partial charge is 0.341 e. The van der Waals surface area contributed by atoms with E-state index in [2.05, 4.69) is 10.5 Å². The normalized spacial score (nSPS) is 15.5. The van der Waals surface area contributed by atoms with E-state index in [9.17, 15) is 9.59 Å². The van der Waals surface area contributed by atoms with Crippen molar-refractivity contribution in [3.8, 4) is 17.2 Å². The number of hydrazone groups is 1. The number of fused-ring (bicyclic) bond motifs is 1. The first-order valence-electron chi connectivity index (χ1n) is 7.78. The molecule has 0 aromatic heterocycles. The molecule has 2 aromatic rings. The van der Waals surface area contributed by atoms with Crippen LogP contribution in [0, 0.1) is 0 Å². The van der Waals surface area contributed by atoms with E-state index in [0.717, 1.165) is 0 Å². The highest BCUT2D eigenvalue weighted by atomic mass is 16.6. The van der Waals surface area contributed by atoms with E-state index < -0.39 is 24.6 Å². The maximum atomic E-state index is 12.2. The maximum absolute atomic E-state index is 12.2. The number of nitrogens with one attached hydrogen (secondary N) is 1. The Morgan fingerprint density at radius 1 is 1.19 bits per heavy atom. The van der Waals surface area contributed by atoms with Gasteiger partial charge in [-0.15, -0.1) is 0 Å². The molecule has 0 radical (unpaired) electrons. The van der Waals surface area contributed by atoms with Gasteiger partial charge >= 0.3 is 5.97 Å². The lowest BCUT2D eigenvalue weighted by Gasteiger charge is -2.24. The van der Waals surface area contributed by atoms with Gasteiger partial charge in [0, 0.05) is 5.56 Å². The van der Waals surface area contributed by atoms with Crippen LogP contribution in [-0.2, 0) is 9.59 Å². The molecule has 2 aromatic carbocycles. The molecule has 8 nitrogen and oxygen atoms in total.